The van der Waals surface area contributed by atoms with Crippen molar-refractivity contribution >= 4 is 17.7 Å². The van der Waals surface area contributed by atoms with Gasteiger partial charge < -0.3 is 32.4 Å². The number of primary amides is 1. The molecule has 0 aliphatic heterocycles. The van der Waals surface area contributed by atoms with Crippen LogP contribution in [0.1, 0.15) is 43.4 Å². The number of aromatic nitrogens is 1. The highest BCUT2D eigenvalue weighted by Gasteiger charge is 2.26. The lowest BCUT2D eigenvalue weighted by Gasteiger charge is -2.14. The van der Waals surface area contributed by atoms with Crippen LogP contribution < -0.4 is 27.8 Å². The number of hydrogen-bond donors (Lipinski definition) is 5. The minimum atomic E-state index is -1.05. The fourth-order valence-corrected chi connectivity index (χ4v) is 1.55. The van der Waals surface area contributed by atoms with Gasteiger partial charge in [-0.15, -0.1) is 0 Å². The lowest BCUT2D eigenvalue weighted by molar-refractivity contribution is -0.126. The molecule has 0 spiro atoms. The van der Waals surface area contributed by atoms with Crippen molar-refractivity contribution in [3.05, 3.63) is 17.5 Å². The molecule has 0 aliphatic rings. The van der Waals surface area contributed by atoms with Crippen LogP contribution in [0.3, 0.4) is 0 Å². The van der Waals surface area contributed by atoms with Gasteiger partial charge in [0, 0.05) is 18.5 Å². The SMILES string of the molecule is CN.CN.CNC(=O)[C@H](CC(N)=O)NC(=O)c1cc(C(C)(C)C)no1. The van der Waals surface area contributed by atoms with Crippen molar-refractivity contribution in [1.82, 2.24) is 15.8 Å². The maximum atomic E-state index is 12.0. The molecule has 0 bridgehead atoms. The Morgan fingerprint density at radius 1 is 1.20 bits per heavy atom. The van der Waals surface area contributed by atoms with E-state index in [2.05, 4.69) is 27.3 Å². The molecule has 0 saturated carbocycles. The summed E-state index contributed by atoms with van der Waals surface area (Å²) >= 11 is 0. The first kappa shape index (κ1) is 24.8. The predicted octanol–water partition coefficient (Wildman–Crippen LogP) is -1.16. The molecule has 1 aromatic rings. The van der Waals surface area contributed by atoms with Crippen LogP contribution in [0.5, 0.6) is 0 Å². The van der Waals surface area contributed by atoms with Gasteiger partial charge in [0.05, 0.1) is 12.1 Å². The van der Waals surface area contributed by atoms with Crippen LogP contribution >= 0.6 is 0 Å². The van der Waals surface area contributed by atoms with Gasteiger partial charge in [-0.2, -0.15) is 0 Å². The molecule has 1 atom stereocenters. The van der Waals surface area contributed by atoms with Gasteiger partial charge in [-0.1, -0.05) is 25.9 Å². The third-order valence-electron chi connectivity index (χ3n) is 2.78. The highest BCUT2D eigenvalue weighted by molar-refractivity contribution is 5.97. The van der Waals surface area contributed by atoms with Crippen molar-refractivity contribution < 1.29 is 18.9 Å². The molecule has 8 N–H and O–H groups in total. The third kappa shape index (κ3) is 8.82. The number of likely N-dealkylation sites (N-methyl/N-ethyl adjacent to an activating group) is 1. The second-order valence-corrected chi connectivity index (χ2v) is 5.64. The smallest absolute Gasteiger partial charge is 0.290 e. The van der Waals surface area contributed by atoms with Crippen molar-refractivity contribution in [1.29, 1.82) is 0 Å². The van der Waals surface area contributed by atoms with E-state index >= 15 is 0 Å². The Morgan fingerprint density at radius 2 is 1.72 bits per heavy atom. The lowest BCUT2D eigenvalue weighted by atomic mass is 9.92. The topological polar surface area (TPSA) is 179 Å². The van der Waals surface area contributed by atoms with E-state index in [0.29, 0.717) is 5.69 Å². The summed E-state index contributed by atoms with van der Waals surface area (Å²) in [5.41, 5.74) is 14.4. The average molecular weight is 358 g/mol. The van der Waals surface area contributed by atoms with Crippen molar-refractivity contribution in [2.45, 2.75) is 38.6 Å². The number of amides is 3. The lowest BCUT2D eigenvalue weighted by Crippen LogP contribution is -2.47. The summed E-state index contributed by atoms with van der Waals surface area (Å²) in [6.07, 6.45) is -0.300. The van der Waals surface area contributed by atoms with E-state index < -0.39 is 23.8 Å². The van der Waals surface area contributed by atoms with Crippen LogP contribution in [0.4, 0.5) is 0 Å². The van der Waals surface area contributed by atoms with E-state index in [1.165, 1.54) is 27.2 Å². The van der Waals surface area contributed by atoms with Crippen LogP contribution in [0, 0.1) is 0 Å². The summed E-state index contributed by atoms with van der Waals surface area (Å²) in [7, 11) is 4.40. The van der Waals surface area contributed by atoms with Crippen molar-refractivity contribution in [3.63, 3.8) is 0 Å². The van der Waals surface area contributed by atoms with E-state index in [9.17, 15) is 14.4 Å². The molecule has 144 valence electrons. The Labute approximate surface area is 147 Å². The molecule has 0 fully saturated rings. The molecule has 1 rings (SSSR count). The minimum Gasteiger partial charge on any atom is -0.370 e. The molecule has 0 saturated heterocycles. The molecule has 25 heavy (non-hydrogen) atoms. The third-order valence-corrected chi connectivity index (χ3v) is 2.78. The fourth-order valence-electron chi connectivity index (χ4n) is 1.55. The van der Waals surface area contributed by atoms with Crippen LogP contribution in [0.15, 0.2) is 10.6 Å². The second kappa shape index (κ2) is 12.0. The monoisotopic (exact) mass is 358 g/mol. The molecule has 0 aliphatic carbocycles. The largest absolute Gasteiger partial charge is 0.370 e. The van der Waals surface area contributed by atoms with E-state index in [1.54, 1.807) is 0 Å². The van der Waals surface area contributed by atoms with E-state index in [0.717, 1.165) is 0 Å². The summed E-state index contributed by atoms with van der Waals surface area (Å²) in [6.45, 7) is 5.77. The van der Waals surface area contributed by atoms with Gasteiger partial charge in [-0.25, -0.2) is 0 Å². The van der Waals surface area contributed by atoms with Crippen molar-refractivity contribution in [3.8, 4) is 0 Å². The number of nitrogens with two attached hydrogens (primary N) is 3. The summed E-state index contributed by atoms with van der Waals surface area (Å²) in [5.74, 6) is -1.87. The highest BCUT2D eigenvalue weighted by atomic mass is 16.5. The van der Waals surface area contributed by atoms with Gasteiger partial charge >= 0.3 is 0 Å². The minimum absolute atomic E-state index is 0.0294. The van der Waals surface area contributed by atoms with E-state index in [4.69, 9.17) is 10.3 Å². The Bertz CT molecular complexity index is 550. The van der Waals surface area contributed by atoms with Gasteiger partial charge in [-0.3, -0.25) is 14.4 Å². The van der Waals surface area contributed by atoms with Gasteiger partial charge in [0.2, 0.25) is 17.6 Å². The molecule has 1 heterocycles. The first-order valence-electron chi connectivity index (χ1n) is 7.58. The molecule has 1 aromatic heterocycles. The average Bonchev–Trinajstić information content (AvgIpc) is 3.07. The highest BCUT2D eigenvalue weighted by Crippen LogP contribution is 2.21. The molecular formula is C15H30N6O4. The van der Waals surface area contributed by atoms with Crippen LogP contribution in [0.25, 0.3) is 0 Å². The van der Waals surface area contributed by atoms with Crippen LogP contribution in [0.2, 0.25) is 0 Å². The molecule has 3 amide bonds. The van der Waals surface area contributed by atoms with Gasteiger partial charge in [0.1, 0.15) is 6.04 Å². The summed E-state index contributed by atoms with van der Waals surface area (Å²) in [5, 5.41) is 8.56. The number of nitrogens with one attached hydrogen (secondary N) is 2. The number of hydrogen-bond acceptors (Lipinski definition) is 7. The van der Waals surface area contributed by atoms with Crippen LogP contribution in [-0.2, 0) is 15.0 Å². The van der Waals surface area contributed by atoms with Gasteiger partial charge in [0.25, 0.3) is 5.91 Å². The Morgan fingerprint density at radius 3 is 2.08 bits per heavy atom. The molecule has 0 aromatic carbocycles. The number of carbonyl (C=O) groups is 3. The van der Waals surface area contributed by atoms with Crippen molar-refractivity contribution in [2.24, 2.45) is 17.2 Å². The second-order valence-electron chi connectivity index (χ2n) is 5.64. The zero-order valence-electron chi connectivity index (χ0n) is 15.7. The Balaban J connectivity index is 0. The van der Waals surface area contributed by atoms with Gasteiger partial charge in [0.15, 0.2) is 0 Å². The predicted molar refractivity (Wildman–Crippen MR) is 94.6 cm³/mol. The molecule has 0 radical (unpaired) electrons. The normalized spacial score (nSPS) is 11.0. The van der Waals surface area contributed by atoms with Gasteiger partial charge in [-0.05, 0) is 14.1 Å². The molecular weight excluding hydrogens is 328 g/mol. The standard InChI is InChI=1S/C13H20N4O4.2CH5N/c1-13(2,3)9-6-8(21-17-9)12(20)16-7(5-10(14)18)11(19)15-4;2*1-2/h6-7H,5H2,1-4H3,(H2,14,18)(H,15,19)(H,16,20);2*2H2,1H3/t7-;;/m0../s1. The summed E-state index contributed by atoms with van der Waals surface area (Å²) in [4.78, 5) is 34.6. The molecule has 10 nitrogen and oxygen atoms in total. The maximum Gasteiger partial charge on any atom is 0.290 e. The van der Waals surface area contributed by atoms with E-state index in [1.807, 2.05) is 20.8 Å². The summed E-state index contributed by atoms with van der Waals surface area (Å²) in [6, 6.07) is 0.448. The quantitative estimate of drug-likeness (QED) is 0.440. The Kier molecular flexibility index (Phi) is 11.9. The van der Waals surface area contributed by atoms with E-state index in [-0.39, 0.29) is 17.6 Å². The zero-order valence-corrected chi connectivity index (χ0v) is 15.7. The summed E-state index contributed by atoms with van der Waals surface area (Å²) < 4.78 is 4.96. The number of nitrogens with zero attached hydrogens (tertiary/aromatic N) is 1. The first-order chi connectivity index (χ1) is 11.6. The zero-order chi connectivity index (χ0) is 20.2. The fraction of sp³-hybridized carbons (Fsp3) is 0.600. The maximum absolute atomic E-state index is 12.0. The number of rotatable bonds is 5. The number of carbonyl (C=O) groups excluding carboxylic acids is 3. The van der Waals surface area contributed by atoms with Crippen LogP contribution in [-0.4, -0.2) is 50.1 Å². The molecule has 10 heteroatoms. The Hall–Kier alpha value is -2.46. The molecule has 0 unspecified atom stereocenters. The van der Waals surface area contributed by atoms with Crippen molar-refractivity contribution in [2.75, 3.05) is 21.1 Å². The first-order valence-corrected chi connectivity index (χ1v) is 7.58.